The summed E-state index contributed by atoms with van der Waals surface area (Å²) < 4.78 is 5.55. The van der Waals surface area contributed by atoms with Crippen LogP contribution in [0.4, 0.5) is 10.5 Å². The Morgan fingerprint density at radius 1 is 1.32 bits per heavy atom. The van der Waals surface area contributed by atoms with Gasteiger partial charge < -0.3 is 15.0 Å². The van der Waals surface area contributed by atoms with Crippen molar-refractivity contribution in [3.05, 3.63) is 29.8 Å². The quantitative estimate of drug-likeness (QED) is 0.910. The average Bonchev–Trinajstić information content (AvgIpc) is 2.47. The molecule has 1 aliphatic heterocycles. The zero-order valence-corrected chi connectivity index (χ0v) is 14.1. The van der Waals surface area contributed by atoms with E-state index in [4.69, 9.17) is 4.74 Å². The second-order valence-corrected chi connectivity index (χ2v) is 6.72. The summed E-state index contributed by atoms with van der Waals surface area (Å²) in [4.78, 5) is 14.6. The van der Waals surface area contributed by atoms with Gasteiger partial charge in [0.15, 0.2) is 0 Å². The molecule has 2 amide bonds. The molecule has 22 heavy (non-hydrogen) atoms. The Labute approximate surface area is 133 Å². The van der Waals surface area contributed by atoms with Crippen molar-refractivity contribution in [1.29, 1.82) is 0 Å². The number of morpholine rings is 1. The normalized spacial score (nSPS) is 18.8. The van der Waals surface area contributed by atoms with Crippen molar-refractivity contribution in [2.24, 2.45) is 5.92 Å². The summed E-state index contributed by atoms with van der Waals surface area (Å²) in [5, 5.41) is 3.10. The molecule has 1 aromatic carbocycles. The molecule has 122 valence electrons. The van der Waals surface area contributed by atoms with Crippen LogP contribution < -0.4 is 5.32 Å². The van der Waals surface area contributed by atoms with Crippen molar-refractivity contribution in [3.63, 3.8) is 0 Å². The number of urea groups is 1. The highest BCUT2D eigenvalue weighted by Crippen LogP contribution is 2.25. The largest absolute Gasteiger partial charge is 0.377 e. The molecule has 0 radical (unpaired) electrons. The Hall–Kier alpha value is -1.55. The van der Waals surface area contributed by atoms with Gasteiger partial charge in [0.2, 0.25) is 0 Å². The van der Waals surface area contributed by atoms with E-state index in [-0.39, 0.29) is 12.1 Å². The molecule has 1 N–H and O–H groups in total. The minimum Gasteiger partial charge on any atom is -0.377 e. The first-order valence-electron chi connectivity index (χ1n) is 8.23. The number of carbonyl (C=O) groups is 1. The van der Waals surface area contributed by atoms with E-state index in [1.165, 1.54) is 5.56 Å². The second kappa shape index (κ2) is 7.63. The molecule has 1 fully saturated rings. The van der Waals surface area contributed by atoms with Crippen LogP contribution in [-0.2, 0) is 4.74 Å². The van der Waals surface area contributed by atoms with Crippen molar-refractivity contribution in [2.75, 3.05) is 25.1 Å². The maximum atomic E-state index is 12.7. The van der Waals surface area contributed by atoms with Gasteiger partial charge in [0, 0.05) is 12.2 Å². The number of hydrogen-bond acceptors (Lipinski definition) is 2. The standard InChI is InChI=1S/C18H28N2O2/c1-13(2)11-15-12-22-10-9-20(15)18(21)19-17-8-6-5-7-16(17)14(3)4/h5-8,13-15H,9-12H2,1-4H3,(H,19,21). The Kier molecular flexibility index (Phi) is 5.83. The van der Waals surface area contributed by atoms with Crippen LogP contribution in [0, 0.1) is 5.92 Å². The minimum atomic E-state index is -0.0120. The lowest BCUT2D eigenvalue weighted by molar-refractivity contribution is 0.00857. The van der Waals surface area contributed by atoms with E-state index < -0.39 is 0 Å². The third kappa shape index (κ3) is 4.23. The van der Waals surface area contributed by atoms with Gasteiger partial charge in [-0.1, -0.05) is 45.9 Å². The summed E-state index contributed by atoms with van der Waals surface area (Å²) in [6, 6.07) is 8.19. The topological polar surface area (TPSA) is 41.6 Å². The highest BCUT2D eigenvalue weighted by molar-refractivity contribution is 5.90. The molecular weight excluding hydrogens is 276 g/mol. The van der Waals surface area contributed by atoms with Gasteiger partial charge in [0.1, 0.15) is 0 Å². The molecular formula is C18H28N2O2. The number of nitrogens with zero attached hydrogens (tertiary/aromatic N) is 1. The van der Waals surface area contributed by atoms with E-state index >= 15 is 0 Å². The summed E-state index contributed by atoms with van der Waals surface area (Å²) in [5.74, 6) is 0.928. The Bertz CT molecular complexity index is 500. The first-order chi connectivity index (χ1) is 10.5. The lowest BCUT2D eigenvalue weighted by atomic mass is 10.0. The van der Waals surface area contributed by atoms with Gasteiger partial charge in [-0.25, -0.2) is 4.79 Å². The number of para-hydroxylation sites is 1. The summed E-state index contributed by atoms with van der Waals surface area (Å²) in [7, 11) is 0. The van der Waals surface area contributed by atoms with E-state index in [9.17, 15) is 4.79 Å². The Balaban J connectivity index is 2.10. The molecule has 1 atom stereocenters. The second-order valence-electron chi connectivity index (χ2n) is 6.72. The van der Waals surface area contributed by atoms with Gasteiger partial charge in [-0.2, -0.15) is 0 Å². The highest BCUT2D eigenvalue weighted by Gasteiger charge is 2.28. The molecule has 1 heterocycles. The van der Waals surface area contributed by atoms with Crippen molar-refractivity contribution >= 4 is 11.7 Å². The SMILES string of the molecule is CC(C)CC1COCCN1C(=O)Nc1ccccc1C(C)C. The smallest absolute Gasteiger partial charge is 0.322 e. The monoisotopic (exact) mass is 304 g/mol. The predicted molar refractivity (Wildman–Crippen MR) is 90.3 cm³/mol. The zero-order valence-electron chi connectivity index (χ0n) is 14.1. The minimum absolute atomic E-state index is 0.0120. The van der Waals surface area contributed by atoms with Crippen LogP contribution in [0.2, 0.25) is 0 Å². The van der Waals surface area contributed by atoms with E-state index in [0.717, 1.165) is 12.1 Å². The lowest BCUT2D eigenvalue weighted by Gasteiger charge is -2.36. The van der Waals surface area contributed by atoms with Crippen LogP contribution in [0.5, 0.6) is 0 Å². The number of amides is 2. The van der Waals surface area contributed by atoms with Crippen LogP contribution in [-0.4, -0.2) is 36.7 Å². The average molecular weight is 304 g/mol. The van der Waals surface area contributed by atoms with Gasteiger partial charge >= 0.3 is 6.03 Å². The van der Waals surface area contributed by atoms with E-state index in [1.54, 1.807) is 0 Å². The van der Waals surface area contributed by atoms with Gasteiger partial charge in [-0.3, -0.25) is 0 Å². The first kappa shape index (κ1) is 16.8. The number of nitrogens with one attached hydrogen (secondary N) is 1. The van der Waals surface area contributed by atoms with E-state index in [2.05, 4.69) is 39.1 Å². The van der Waals surface area contributed by atoms with Crippen LogP contribution in [0.1, 0.15) is 45.6 Å². The maximum Gasteiger partial charge on any atom is 0.322 e. The molecule has 1 aromatic rings. The molecule has 0 aromatic heterocycles. The summed E-state index contributed by atoms with van der Waals surface area (Å²) in [5.41, 5.74) is 2.09. The maximum absolute atomic E-state index is 12.7. The van der Waals surface area contributed by atoms with Crippen LogP contribution in [0.25, 0.3) is 0 Å². The molecule has 4 heteroatoms. The Morgan fingerprint density at radius 3 is 2.73 bits per heavy atom. The number of hydrogen-bond donors (Lipinski definition) is 1. The summed E-state index contributed by atoms with van der Waals surface area (Å²) in [6.07, 6.45) is 0.971. The fourth-order valence-electron chi connectivity index (χ4n) is 2.96. The zero-order chi connectivity index (χ0) is 16.1. The van der Waals surface area contributed by atoms with E-state index in [1.807, 2.05) is 23.1 Å². The van der Waals surface area contributed by atoms with E-state index in [0.29, 0.717) is 31.6 Å². The summed E-state index contributed by atoms with van der Waals surface area (Å²) >= 11 is 0. The molecule has 0 aliphatic carbocycles. The van der Waals surface area contributed by atoms with Gasteiger partial charge in [0.25, 0.3) is 0 Å². The van der Waals surface area contributed by atoms with Crippen molar-refractivity contribution in [1.82, 2.24) is 4.90 Å². The van der Waals surface area contributed by atoms with Crippen molar-refractivity contribution < 1.29 is 9.53 Å². The molecule has 2 rings (SSSR count). The van der Waals surface area contributed by atoms with Gasteiger partial charge in [-0.05, 0) is 29.9 Å². The van der Waals surface area contributed by atoms with Gasteiger partial charge in [0.05, 0.1) is 19.3 Å². The number of ether oxygens (including phenoxy) is 1. The molecule has 4 nitrogen and oxygen atoms in total. The van der Waals surface area contributed by atoms with Gasteiger partial charge in [-0.15, -0.1) is 0 Å². The van der Waals surface area contributed by atoms with Crippen molar-refractivity contribution in [2.45, 2.75) is 46.1 Å². The summed E-state index contributed by atoms with van der Waals surface area (Å²) in [6.45, 7) is 10.6. The first-order valence-corrected chi connectivity index (χ1v) is 8.23. The third-order valence-corrected chi connectivity index (χ3v) is 4.06. The lowest BCUT2D eigenvalue weighted by Crippen LogP contribution is -2.50. The number of rotatable bonds is 4. The highest BCUT2D eigenvalue weighted by atomic mass is 16.5. The number of anilines is 1. The molecule has 0 bridgehead atoms. The number of benzene rings is 1. The van der Waals surface area contributed by atoms with Crippen LogP contribution >= 0.6 is 0 Å². The predicted octanol–water partition coefficient (Wildman–Crippen LogP) is 4.09. The van der Waals surface area contributed by atoms with Crippen LogP contribution in [0.3, 0.4) is 0 Å². The van der Waals surface area contributed by atoms with Crippen LogP contribution in [0.15, 0.2) is 24.3 Å². The molecule has 0 saturated carbocycles. The Morgan fingerprint density at radius 2 is 2.05 bits per heavy atom. The molecule has 1 aliphatic rings. The molecule has 1 saturated heterocycles. The molecule has 1 unspecified atom stereocenters. The number of carbonyl (C=O) groups excluding carboxylic acids is 1. The molecule has 0 spiro atoms. The van der Waals surface area contributed by atoms with Crippen molar-refractivity contribution in [3.8, 4) is 0 Å². The third-order valence-electron chi connectivity index (χ3n) is 4.06. The fourth-order valence-corrected chi connectivity index (χ4v) is 2.96. The fraction of sp³-hybridized carbons (Fsp3) is 0.611.